The fraction of sp³-hybridized carbons (Fsp3) is 0.400. The van der Waals surface area contributed by atoms with Crippen molar-refractivity contribution in [1.82, 2.24) is 9.62 Å². The van der Waals surface area contributed by atoms with Crippen LogP contribution in [-0.4, -0.2) is 81.1 Å². The number of carbonyl (C=O) groups is 3. The van der Waals surface area contributed by atoms with Crippen molar-refractivity contribution >= 4 is 33.4 Å². The molecule has 10 nitrogen and oxygen atoms in total. The summed E-state index contributed by atoms with van der Waals surface area (Å²) in [5, 5.41) is 10.4. The number of halogens is 4. The largest absolute Gasteiger partial charge is 0.491 e. The monoisotopic (exact) mass is 587 g/mol. The molecule has 2 aromatic rings. The van der Waals surface area contributed by atoms with Gasteiger partial charge in [-0.1, -0.05) is 12.1 Å². The SMILES string of the molecule is O=C(O)C(F)(F)F.O=C1C(=O)N(Cc2ccc(OCCF)cc2)c2ccc(S(=O)(=O)N3CC4CNCC4C3)cc21. The van der Waals surface area contributed by atoms with Gasteiger partial charge in [-0.25, -0.2) is 17.6 Å². The minimum absolute atomic E-state index is 0.0338. The van der Waals surface area contributed by atoms with Crippen LogP contribution in [0, 0.1) is 11.8 Å². The van der Waals surface area contributed by atoms with E-state index in [-0.39, 0.29) is 23.6 Å². The summed E-state index contributed by atoms with van der Waals surface area (Å²) >= 11 is 0. The van der Waals surface area contributed by atoms with Gasteiger partial charge in [0.1, 0.15) is 19.0 Å². The van der Waals surface area contributed by atoms with E-state index in [1.165, 1.54) is 27.4 Å². The van der Waals surface area contributed by atoms with Gasteiger partial charge < -0.3 is 20.1 Å². The molecule has 0 spiro atoms. The number of fused-ring (bicyclic) bond motifs is 2. The number of nitrogens with one attached hydrogen (secondary N) is 1. The van der Waals surface area contributed by atoms with Gasteiger partial charge in [0.25, 0.3) is 11.7 Å². The Morgan fingerprint density at radius 1 is 1.05 bits per heavy atom. The fourth-order valence-electron chi connectivity index (χ4n) is 4.78. The Morgan fingerprint density at radius 2 is 1.65 bits per heavy atom. The molecule has 216 valence electrons. The van der Waals surface area contributed by atoms with E-state index in [4.69, 9.17) is 14.6 Å². The van der Waals surface area contributed by atoms with Crippen molar-refractivity contribution in [3.63, 3.8) is 0 Å². The zero-order valence-electron chi connectivity index (χ0n) is 20.9. The fourth-order valence-corrected chi connectivity index (χ4v) is 6.37. The number of sulfonamides is 1. The van der Waals surface area contributed by atoms with Crippen LogP contribution in [0.1, 0.15) is 15.9 Å². The number of ether oxygens (including phenoxy) is 1. The lowest BCUT2D eigenvalue weighted by molar-refractivity contribution is -0.192. The van der Waals surface area contributed by atoms with Gasteiger partial charge >= 0.3 is 12.1 Å². The van der Waals surface area contributed by atoms with Crippen LogP contribution in [0.25, 0.3) is 0 Å². The summed E-state index contributed by atoms with van der Waals surface area (Å²) in [6, 6.07) is 11.1. The van der Waals surface area contributed by atoms with Gasteiger partial charge in [-0.3, -0.25) is 9.59 Å². The number of alkyl halides is 4. The van der Waals surface area contributed by atoms with Crippen LogP contribution in [-0.2, 0) is 26.2 Å². The highest BCUT2D eigenvalue weighted by Gasteiger charge is 2.43. The van der Waals surface area contributed by atoms with Gasteiger partial charge in [-0.15, -0.1) is 0 Å². The maximum absolute atomic E-state index is 13.2. The molecule has 0 aromatic heterocycles. The van der Waals surface area contributed by atoms with Crippen LogP contribution in [0.2, 0.25) is 0 Å². The summed E-state index contributed by atoms with van der Waals surface area (Å²) in [5.41, 5.74) is 1.25. The second-order valence-electron chi connectivity index (χ2n) is 9.38. The molecule has 2 aromatic carbocycles. The van der Waals surface area contributed by atoms with Crippen LogP contribution >= 0.6 is 0 Å². The van der Waals surface area contributed by atoms with Crippen molar-refractivity contribution in [3.8, 4) is 5.75 Å². The minimum atomic E-state index is -5.08. The first kappa shape index (κ1) is 29.4. The smallest absolute Gasteiger partial charge is 0.490 e. The molecular weight excluding hydrogens is 562 g/mol. The third kappa shape index (κ3) is 6.10. The number of Topliss-reactive ketones (excluding diaryl/α,β-unsaturated/α-hetero) is 1. The molecule has 0 aliphatic carbocycles. The number of carbonyl (C=O) groups excluding carboxylic acids is 2. The summed E-state index contributed by atoms with van der Waals surface area (Å²) in [4.78, 5) is 35.6. The molecule has 2 saturated heterocycles. The molecule has 2 atom stereocenters. The lowest BCUT2D eigenvalue weighted by Crippen LogP contribution is -2.32. The van der Waals surface area contributed by atoms with Gasteiger partial charge in [0.15, 0.2) is 0 Å². The van der Waals surface area contributed by atoms with Gasteiger partial charge in [0.2, 0.25) is 10.0 Å². The maximum atomic E-state index is 13.2. The standard InChI is InChI=1S/C23H24FN3O5S.C2HF3O2/c24-7-8-32-18-3-1-15(2-4-18)12-27-21-6-5-19(9-20(21)22(28)23(27)29)33(30,31)26-13-16-10-25-11-17(16)14-26;3-2(4,5)1(6)7/h1-6,9,16-17,25H,7-8,10-14H2;(H,6,7). The molecule has 0 bridgehead atoms. The number of aliphatic carboxylic acids is 1. The average molecular weight is 588 g/mol. The first-order valence-corrected chi connectivity index (χ1v) is 13.6. The maximum Gasteiger partial charge on any atom is 0.490 e. The summed E-state index contributed by atoms with van der Waals surface area (Å²) in [7, 11) is -3.75. The number of nitrogens with zero attached hydrogens (tertiary/aromatic N) is 2. The second kappa shape index (κ2) is 11.5. The summed E-state index contributed by atoms with van der Waals surface area (Å²) in [6.45, 7) is 2.07. The predicted molar refractivity (Wildman–Crippen MR) is 132 cm³/mol. The first-order valence-electron chi connectivity index (χ1n) is 12.1. The number of carboxylic acids is 1. The predicted octanol–water partition coefficient (Wildman–Crippen LogP) is 2.24. The van der Waals surface area contributed by atoms with Crippen molar-refractivity contribution in [2.75, 3.05) is 44.4 Å². The highest BCUT2D eigenvalue weighted by atomic mass is 32.2. The zero-order valence-corrected chi connectivity index (χ0v) is 21.7. The van der Waals surface area contributed by atoms with Crippen molar-refractivity contribution < 1.29 is 50.2 Å². The molecule has 2 fully saturated rings. The van der Waals surface area contributed by atoms with Crippen LogP contribution in [0.5, 0.6) is 5.75 Å². The van der Waals surface area contributed by atoms with Gasteiger partial charge in [-0.05, 0) is 60.8 Å². The zero-order chi connectivity index (χ0) is 29.2. The molecule has 2 N–H and O–H groups in total. The summed E-state index contributed by atoms with van der Waals surface area (Å²) in [6.07, 6.45) is -5.08. The van der Waals surface area contributed by atoms with Crippen LogP contribution in [0.15, 0.2) is 47.4 Å². The van der Waals surface area contributed by atoms with E-state index in [0.717, 1.165) is 18.7 Å². The third-order valence-corrected chi connectivity index (χ3v) is 8.62. The molecular formula is C25H25F4N3O7S. The molecule has 15 heteroatoms. The van der Waals surface area contributed by atoms with Crippen LogP contribution in [0.3, 0.4) is 0 Å². The van der Waals surface area contributed by atoms with E-state index < -0.39 is 40.5 Å². The molecule has 3 aliphatic rings. The van der Waals surface area contributed by atoms with E-state index >= 15 is 0 Å². The molecule has 1 amide bonds. The quantitative estimate of drug-likeness (QED) is 0.372. The summed E-state index contributed by atoms with van der Waals surface area (Å²) < 4.78 is 77.1. The Bertz CT molecular complexity index is 1390. The number of hydrogen-bond acceptors (Lipinski definition) is 7. The lowest BCUT2D eigenvalue weighted by Gasteiger charge is -2.19. The van der Waals surface area contributed by atoms with E-state index in [2.05, 4.69) is 5.32 Å². The third-order valence-electron chi connectivity index (χ3n) is 6.79. The Labute approximate surface area is 226 Å². The Balaban J connectivity index is 0.000000470. The van der Waals surface area contributed by atoms with Crippen molar-refractivity contribution in [2.24, 2.45) is 11.8 Å². The molecule has 5 rings (SSSR count). The molecule has 0 radical (unpaired) electrons. The Kier molecular flexibility index (Phi) is 8.46. The van der Waals surface area contributed by atoms with Gasteiger partial charge in [0, 0.05) is 13.1 Å². The van der Waals surface area contributed by atoms with Crippen molar-refractivity contribution in [2.45, 2.75) is 17.6 Å². The molecule has 40 heavy (non-hydrogen) atoms. The van der Waals surface area contributed by atoms with Crippen LogP contribution in [0.4, 0.5) is 23.2 Å². The molecule has 3 aliphatic heterocycles. The Morgan fingerprint density at radius 3 is 2.20 bits per heavy atom. The molecule has 2 unspecified atom stereocenters. The molecule has 3 heterocycles. The van der Waals surface area contributed by atoms with Gasteiger partial charge in [-0.2, -0.15) is 17.5 Å². The minimum Gasteiger partial charge on any atom is -0.491 e. The van der Waals surface area contributed by atoms with Crippen LogP contribution < -0.4 is 15.0 Å². The second-order valence-corrected chi connectivity index (χ2v) is 11.3. The average Bonchev–Trinajstić information content (AvgIpc) is 3.58. The number of carboxylic acid groups (broad SMARTS) is 1. The van der Waals surface area contributed by atoms with E-state index in [1.807, 2.05) is 0 Å². The normalized spacial score (nSPS) is 20.6. The first-order chi connectivity index (χ1) is 18.8. The van der Waals surface area contributed by atoms with Crippen molar-refractivity contribution in [3.05, 3.63) is 53.6 Å². The molecule has 0 saturated carbocycles. The number of rotatable bonds is 7. The summed E-state index contributed by atoms with van der Waals surface area (Å²) in [5.74, 6) is -3.04. The number of benzene rings is 2. The number of hydrogen-bond donors (Lipinski definition) is 2. The van der Waals surface area contributed by atoms with E-state index in [0.29, 0.717) is 36.4 Å². The van der Waals surface area contributed by atoms with Crippen molar-refractivity contribution in [1.29, 1.82) is 0 Å². The number of amides is 1. The number of anilines is 1. The topological polar surface area (TPSA) is 133 Å². The highest BCUT2D eigenvalue weighted by Crippen LogP contribution is 2.35. The highest BCUT2D eigenvalue weighted by molar-refractivity contribution is 7.89. The lowest BCUT2D eigenvalue weighted by atomic mass is 10.0. The van der Waals surface area contributed by atoms with E-state index in [1.54, 1.807) is 24.3 Å². The van der Waals surface area contributed by atoms with Gasteiger partial charge in [0.05, 0.1) is 22.7 Å². The Hall–Kier alpha value is -3.56. The number of ketones is 1. The van der Waals surface area contributed by atoms with E-state index in [9.17, 15) is 35.6 Å².